The number of hydrogen-bond donors (Lipinski definition) is 0. The monoisotopic (exact) mass is 260 g/mol. The second-order valence-corrected chi connectivity index (χ2v) is 5.69. The van der Waals surface area contributed by atoms with Crippen LogP contribution >= 0.6 is 0 Å². The highest BCUT2D eigenvalue weighted by molar-refractivity contribution is 5.94. The van der Waals surface area contributed by atoms with Crippen molar-refractivity contribution in [2.45, 2.75) is 26.7 Å². The Bertz CT molecular complexity index is 498. The van der Waals surface area contributed by atoms with Gasteiger partial charge in [0.25, 0.3) is 0 Å². The van der Waals surface area contributed by atoms with Gasteiger partial charge in [-0.3, -0.25) is 4.79 Å². The lowest BCUT2D eigenvalue weighted by molar-refractivity contribution is -0.136. The van der Waals surface area contributed by atoms with E-state index in [9.17, 15) is 9.59 Å². The second kappa shape index (κ2) is 4.80. The van der Waals surface area contributed by atoms with Gasteiger partial charge in [0.1, 0.15) is 0 Å². The molecule has 0 saturated heterocycles. The van der Waals surface area contributed by atoms with Crippen LogP contribution in [0.3, 0.4) is 0 Å². The second-order valence-electron chi connectivity index (χ2n) is 5.69. The summed E-state index contributed by atoms with van der Waals surface area (Å²) in [4.78, 5) is 23.5. The molecular weight excluding hydrogens is 240 g/mol. The van der Waals surface area contributed by atoms with Crippen LogP contribution in [0.15, 0.2) is 36.0 Å². The van der Waals surface area contributed by atoms with Crippen molar-refractivity contribution >= 4 is 11.8 Å². The number of ether oxygens (including phenoxy) is 1. The normalized spacial score (nSPS) is 33.4. The molecule has 19 heavy (non-hydrogen) atoms. The Balaban J connectivity index is 2.29. The maximum atomic E-state index is 11.9. The van der Waals surface area contributed by atoms with Gasteiger partial charge in [0, 0.05) is 16.9 Å². The van der Waals surface area contributed by atoms with Gasteiger partial charge in [0.2, 0.25) is 0 Å². The molecule has 0 unspecified atom stereocenters. The number of carbonyl (C=O) groups excluding carboxylic acids is 2. The van der Waals surface area contributed by atoms with E-state index in [1.54, 1.807) is 6.08 Å². The minimum atomic E-state index is -0.351. The van der Waals surface area contributed by atoms with E-state index in [-0.39, 0.29) is 29.0 Å². The number of rotatable bonds is 2. The fourth-order valence-electron chi connectivity index (χ4n) is 3.09. The van der Waals surface area contributed by atoms with Crippen molar-refractivity contribution in [3.8, 4) is 0 Å². The Labute approximate surface area is 114 Å². The third kappa shape index (κ3) is 2.18. The van der Waals surface area contributed by atoms with Gasteiger partial charge >= 0.3 is 5.97 Å². The first kappa shape index (κ1) is 13.8. The first-order valence-electron chi connectivity index (χ1n) is 6.60. The predicted octanol–water partition coefficient (Wildman–Crippen LogP) is 2.83. The van der Waals surface area contributed by atoms with Crippen LogP contribution in [0.5, 0.6) is 0 Å². The molecule has 0 fully saturated rings. The highest BCUT2D eigenvalue weighted by atomic mass is 16.5. The summed E-state index contributed by atoms with van der Waals surface area (Å²) in [6.07, 6.45) is 7.25. The van der Waals surface area contributed by atoms with Crippen LogP contribution in [0, 0.1) is 17.3 Å². The number of ketones is 1. The minimum Gasteiger partial charge on any atom is -0.466 e. The van der Waals surface area contributed by atoms with Crippen molar-refractivity contribution < 1.29 is 14.3 Å². The third-order valence-corrected chi connectivity index (χ3v) is 4.70. The van der Waals surface area contributed by atoms with Crippen molar-refractivity contribution in [3.63, 3.8) is 0 Å². The molecular formula is C16H20O3. The van der Waals surface area contributed by atoms with Gasteiger partial charge in [-0.25, -0.2) is 4.79 Å². The largest absolute Gasteiger partial charge is 0.466 e. The Morgan fingerprint density at radius 3 is 2.79 bits per heavy atom. The average Bonchev–Trinajstić information content (AvgIpc) is 2.41. The molecule has 0 N–H and O–H groups in total. The predicted molar refractivity (Wildman–Crippen MR) is 73.4 cm³/mol. The van der Waals surface area contributed by atoms with Crippen LogP contribution < -0.4 is 0 Å². The number of methoxy groups -OCH3 is 1. The molecule has 0 aromatic rings. The molecule has 0 amide bonds. The van der Waals surface area contributed by atoms with E-state index in [4.69, 9.17) is 4.74 Å². The van der Waals surface area contributed by atoms with Crippen LogP contribution in [0.1, 0.15) is 26.7 Å². The molecule has 0 spiro atoms. The summed E-state index contributed by atoms with van der Waals surface area (Å²) < 4.78 is 4.74. The number of esters is 1. The average molecular weight is 260 g/mol. The first-order valence-corrected chi connectivity index (χ1v) is 6.60. The van der Waals surface area contributed by atoms with Crippen molar-refractivity contribution in [2.75, 3.05) is 7.11 Å². The molecule has 3 heteroatoms. The van der Waals surface area contributed by atoms with Crippen molar-refractivity contribution in [2.24, 2.45) is 17.3 Å². The topological polar surface area (TPSA) is 43.4 Å². The molecule has 0 radical (unpaired) electrons. The quantitative estimate of drug-likeness (QED) is 0.566. The van der Waals surface area contributed by atoms with E-state index in [1.165, 1.54) is 12.7 Å². The summed E-state index contributed by atoms with van der Waals surface area (Å²) in [5.41, 5.74) is 1.51. The highest BCUT2D eigenvalue weighted by Gasteiger charge is 2.44. The Morgan fingerprint density at radius 2 is 2.16 bits per heavy atom. The standard InChI is InChI=1S/C16H20O3/c1-10(15(18)19-4)12-5-6-13-7-8-14(17)11(2)16(13,3)9-12/h6-8,11-12H,1,5,9H2,2-4H3/t11-,12+,16+/m0/s1. The van der Waals surface area contributed by atoms with E-state index >= 15 is 0 Å². The first-order chi connectivity index (χ1) is 8.90. The van der Waals surface area contributed by atoms with Gasteiger partial charge < -0.3 is 4.74 Å². The summed E-state index contributed by atoms with van der Waals surface area (Å²) in [6.45, 7) is 7.92. The zero-order valence-electron chi connectivity index (χ0n) is 11.7. The summed E-state index contributed by atoms with van der Waals surface area (Å²) >= 11 is 0. The van der Waals surface area contributed by atoms with Gasteiger partial charge in [-0.15, -0.1) is 0 Å². The zero-order chi connectivity index (χ0) is 14.2. The molecule has 0 aromatic heterocycles. The van der Waals surface area contributed by atoms with E-state index < -0.39 is 0 Å². The zero-order valence-corrected chi connectivity index (χ0v) is 11.7. The van der Waals surface area contributed by atoms with Crippen molar-refractivity contribution in [1.29, 1.82) is 0 Å². The molecule has 2 aliphatic rings. The molecule has 0 aliphatic heterocycles. The summed E-state index contributed by atoms with van der Waals surface area (Å²) in [5.74, 6) is -0.195. The lowest BCUT2D eigenvalue weighted by Gasteiger charge is -2.43. The fraction of sp³-hybridized carbons (Fsp3) is 0.500. The Morgan fingerprint density at radius 1 is 1.47 bits per heavy atom. The maximum Gasteiger partial charge on any atom is 0.333 e. The molecule has 2 aliphatic carbocycles. The van der Waals surface area contributed by atoms with E-state index in [1.807, 2.05) is 13.0 Å². The van der Waals surface area contributed by atoms with Crippen LogP contribution in [0.25, 0.3) is 0 Å². The van der Waals surface area contributed by atoms with Crippen molar-refractivity contribution in [3.05, 3.63) is 36.0 Å². The number of hydrogen-bond acceptors (Lipinski definition) is 3. The highest BCUT2D eigenvalue weighted by Crippen LogP contribution is 2.49. The Kier molecular flexibility index (Phi) is 3.48. The van der Waals surface area contributed by atoms with Gasteiger partial charge in [-0.05, 0) is 30.4 Å². The number of allylic oxidation sites excluding steroid dienone is 4. The van der Waals surface area contributed by atoms with E-state index in [0.717, 1.165) is 12.8 Å². The smallest absolute Gasteiger partial charge is 0.333 e. The van der Waals surface area contributed by atoms with Crippen LogP contribution in [-0.4, -0.2) is 18.9 Å². The molecule has 0 heterocycles. The fourth-order valence-corrected chi connectivity index (χ4v) is 3.09. The van der Waals surface area contributed by atoms with Crippen LogP contribution in [-0.2, 0) is 14.3 Å². The van der Waals surface area contributed by atoms with E-state index in [0.29, 0.717) is 5.57 Å². The van der Waals surface area contributed by atoms with Gasteiger partial charge in [0.15, 0.2) is 5.78 Å². The number of carbonyl (C=O) groups is 2. The third-order valence-electron chi connectivity index (χ3n) is 4.70. The molecule has 2 rings (SSSR count). The van der Waals surface area contributed by atoms with Crippen molar-refractivity contribution in [1.82, 2.24) is 0 Å². The van der Waals surface area contributed by atoms with Gasteiger partial charge in [-0.1, -0.05) is 32.6 Å². The molecule has 3 atom stereocenters. The molecule has 0 aromatic carbocycles. The summed E-state index contributed by atoms with van der Waals surface area (Å²) in [6, 6.07) is 0. The van der Waals surface area contributed by atoms with Crippen LogP contribution in [0.4, 0.5) is 0 Å². The molecule has 0 saturated carbocycles. The lowest BCUT2D eigenvalue weighted by Crippen LogP contribution is -2.39. The molecule has 3 nitrogen and oxygen atoms in total. The lowest BCUT2D eigenvalue weighted by atomic mass is 9.59. The number of fused-ring (bicyclic) bond motifs is 1. The Hall–Kier alpha value is -1.64. The van der Waals surface area contributed by atoms with Crippen LogP contribution in [0.2, 0.25) is 0 Å². The minimum absolute atomic E-state index is 0.0583. The van der Waals surface area contributed by atoms with Gasteiger partial charge in [-0.2, -0.15) is 0 Å². The molecule has 0 bridgehead atoms. The van der Waals surface area contributed by atoms with Gasteiger partial charge in [0.05, 0.1) is 7.11 Å². The maximum absolute atomic E-state index is 11.9. The summed E-state index contributed by atoms with van der Waals surface area (Å²) in [5, 5.41) is 0. The molecule has 102 valence electrons. The van der Waals surface area contributed by atoms with E-state index in [2.05, 4.69) is 19.6 Å². The SMILES string of the molecule is C=C(C(=O)OC)[C@@H]1CC=C2C=CC(=O)[C@H](C)[C@@]2(C)C1. The summed E-state index contributed by atoms with van der Waals surface area (Å²) in [7, 11) is 1.37.